The van der Waals surface area contributed by atoms with Crippen LogP contribution < -0.4 is 5.73 Å². The summed E-state index contributed by atoms with van der Waals surface area (Å²) < 4.78 is 6.46. The van der Waals surface area contributed by atoms with Crippen LogP contribution >= 0.6 is 11.8 Å². The summed E-state index contributed by atoms with van der Waals surface area (Å²) in [6.07, 6.45) is 0. The third-order valence-electron chi connectivity index (χ3n) is 2.65. The minimum absolute atomic E-state index is 0.211. The largest absolute Gasteiger partial charge is 0.462 e. The first-order valence-corrected chi connectivity index (χ1v) is 7.56. The van der Waals surface area contributed by atoms with Gasteiger partial charge < -0.3 is 10.5 Å². The molecule has 0 fully saturated rings. The van der Waals surface area contributed by atoms with Gasteiger partial charge in [-0.25, -0.2) is 4.79 Å². The second kappa shape index (κ2) is 6.57. The van der Waals surface area contributed by atoms with E-state index in [2.05, 4.69) is 15.3 Å². The number of esters is 1. The lowest BCUT2D eigenvalue weighted by molar-refractivity contribution is 0.0523. The number of carbonyl (C=O) groups excluding carboxylic acids is 1. The maximum atomic E-state index is 12.1. The van der Waals surface area contributed by atoms with Crippen LogP contribution in [-0.4, -0.2) is 38.3 Å². The Bertz CT molecular complexity index is 639. The predicted molar refractivity (Wildman–Crippen MR) is 80.7 cm³/mol. The Morgan fingerprint density at radius 3 is 2.71 bits per heavy atom. The van der Waals surface area contributed by atoms with Gasteiger partial charge in [0.25, 0.3) is 0 Å². The van der Waals surface area contributed by atoms with Gasteiger partial charge in [0.2, 0.25) is 0 Å². The highest BCUT2D eigenvalue weighted by atomic mass is 32.2. The minimum atomic E-state index is -0.475. The molecule has 0 radical (unpaired) electrons. The number of thioether (sulfide) groups is 1. The average Bonchev–Trinajstić information content (AvgIpc) is 2.77. The van der Waals surface area contributed by atoms with Crippen LogP contribution in [0.3, 0.4) is 0 Å². The number of ether oxygens (including phenoxy) is 1. The fourth-order valence-electron chi connectivity index (χ4n) is 1.72. The van der Waals surface area contributed by atoms with Crippen molar-refractivity contribution in [2.75, 3.05) is 18.1 Å². The molecule has 0 bridgehead atoms. The molecule has 0 aliphatic rings. The van der Waals surface area contributed by atoms with E-state index in [0.29, 0.717) is 10.8 Å². The average molecular weight is 307 g/mol. The van der Waals surface area contributed by atoms with Gasteiger partial charge in [-0.1, -0.05) is 6.92 Å². The van der Waals surface area contributed by atoms with Gasteiger partial charge in [0.15, 0.2) is 5.82 Å². The number of hydrogen-bond donors (Lipinski definition) is 1. The van der Waals surface area contributed by atoms with Crippen LogP contribution in [0.1, 0.15) is 29.9 Å². The maximum absolute atomic E-state index is 12.1. The van der Waals surface area contributed by atoms with E-state index in [1.54, 1.807) is 19.1 Å². The summed E-state index contributed by atoms with van der Waals surface area (Å²) in [5.74, 6) is 0.967. The van der Waals surface area contributed by atoms with E-state index in [1.165, 1.54) is 16.4 Å². The van der Waals surface area contributed by atoms with Gasteiger partial charge in [-0.3, -0.25) is 0 Å². The predicted octanol–water partition coefficient (Wildman–Crippen LogP) is 1.84. The van der Waals surface area contributed by atoms with E-state index in [9.17, 15) is 4.79 Å². The van der Waals surface area contributed by atoms with Crippen molar-refractivity contribution in [3.05, 3.63) is 23.4 Å². The van der Waals surface area contributed by atoms with Crippen LogP contribution in [0.15, 0.2) is 17.2 Å². The quantitative estimate of drug-likeness (QED) is 0.665. The van der Waals surface area contributed by atoms with Crippen LogP contribution in [0.2, 0.25) is 0 Å². The van der Waals surface area contributed by atoms with Crippen molar-refractivity contribution >= 4 is 23.5 Å². The van der Waals surface area contributed by atoms with E-state index in [-0.39, 0.29) is 18.0 Å². The van der Waals surface area contributed by atoms with Gasteiger partial charge >= 0.3 is 5.97 Å². The number of nitrogens with zero attached hydrogens (tertiary/aromatic N) is 4. The van der Waals surface area contributed by atoms with Gasteiger partial charge in [0.05, 0.1) is 12.3 Å². The molecule has 0 aromatic carbocycles. The van der Waals surface area contributed by atoms with Crippen LogP contribution in [0.4, 0.5) is 5.82 Å². The molecule has 2 N–H and O–H groups in total. The molecule has 112 valence electrons. The van der Waals surface area contributed by atoms with Gasteiger partial charge in [-0.2, -0.15) is 14.9 Å². The van der Waals surface area contributed by atoms with Crippen molar-refractivity contribution in [2.24, 2.45) is 0 Å². The van der Waals surface area contributed by atoms with Gasteiger partial charge in [0, 0.05) is 0 Å². The van der Waals surface area contributed by atoms with Gasteiger partial charge in [-0.15, -0.1) is 16.9 Å². The SMILES string of the molecule is CCOC(=O)c1c(SCC)nn(-c2ccc(C)nn2)c1N. The smallest absolute Gasteiger partial charge is 0.344 e. The topological polar surface area (TPSA) is 95.9 Å². The van der Waals surface area contributed by atoms with Crippen LogP contribution in [0.25, 0.3) is 5.82 Å². The molecule has 2 rings (SSSR count). The van der Waals surface area contributed by atoms with Gasteiger partial charge in [-0.05, 0) is 31.7 Å². The molecule has 2 aromatic heterocycles. The fourth-order valence-corrected chi connectivity index (χ4v) is 2.47. The lowest BCUT2D eigenvalue weighted by atomic mass is 10.3. The van der Waals surface area contributed by atoms with E-state index in [0.717, 1.165) is 11.4 Å². The summed E-state index contributed by atoms with van der Waals surface area (Å²) >= 11 is 1.43. The number of hydrogen-bond acceptors (Lipinski definition) is 7. The van der Waals surface area contributed by atoms with Crippen molar-refractivity contribution < 1.29 is 9.53 Å². The van der Waals surface area contributed by atoms with Crippen molar-refractivity contribution in [1.29, 1.82) is 0 Å². The summed E-state index contributed by atoms with van der Waals surface area (Å²) in [6.45, 7) is 5.84. The van der Waals surface area contributed by atoms with Crippen molar-refractivity contribution in [1.82, 2.24) is 20.0 Å². The molecule has 2 heterocycles. The summed E-state index contributed by atoms with van der Waals surface area (Å²) in [6, 6.07) is 3.56. The summed E-state index contributed by atoms with van der Waals surface area (Å²) in [5, 5.41) is 12.9. The fraction of sp³-hybridized carbons (Fsp3) is 0.385. The molecule has 0 atom stereocenters. The van der Waals surface area contributed by atoms with E-state index >= 15 is 0 Å². The summed E-state index contributed by atoms with van der Waals surface area (Å²) in [7, 11) is 0. The maximum Gasteiger partial charge on any atom is 0.344 e. The number of anilines is 1. The molecule has 7 nitrogen and oxygen atoms in total. The second-order valence-corrected chi connectivity index (χ2v) is 5.42. The Kier molecular flexibility index (Phi) is 4.79. The van der Waals surface area contributed by atoms with Crippen LogP contribution in [0.5, 0.6) is 0 Å². The van der Waals surface area contributed by atoms with Gasteiger partial charge in [0.1, 0.15) is 16.4 Å². The molecule has 0 unspecified atom stereocenters. The summed E-state index contributed by atoms with van der Waals surface area (Å²) in [5.41, 5.74) is 7.13. The zero-order chi connectivity index (χ0) is 15.4. The van der Waals surface area contributed by atoms with E-state index in [1.807, 2.05) is 13.8 Å². The lowest BCUT2D eigenvalue weighted by Crippen LogP contribution is -2.10. The number of rotatable bonds is 5. The highest BCUT2D eigenvalue weighted by Crippen LogP contribution is 2.28. The second-order valence-electron chi connectivity index (χ2n) is 4.16. The monoisotopic (exact) mass is 307 g/mol. The molecular weight excluding hydrogens is 290 g/mol. The van der Waals surface area contributed by atoms with Crippen molar-refractivity contribution in [3.63, 3.8) is 0 Å². The first-order chi connectivity index (χ1) is 10.1. The Balaban J connectivity index is 2.50. The zero-order valence-corrected chi connectivity index (χ0v) is 13.0. The van der Waals surface area contributed by atoms with Crippen LogP contribution in [-0.2, 0) is 4.74 Å². The van der Waals surface area contributed by atoms with Crippen molar-refractivity contribution in [3.8, 4) is 5.82 Å². The van der Waals surface area contributed by atoms with E-state index in [4.69, 9.17) is 10.5 Å². The first kappa shape index (κ1) is 15.3. The van der Waals surface area contributed by atoms with Crippen LogP contribution in [0, 0.1) is 6.92 Å². The highest BCUT2D eigenvalue weighted by Gasteiger charge is 2.24. The first-order valence-electron chi connectivity index (χ1n) is 6.57. The molecule has 0 aliphatic heterocycles. The molecule has 0 amide bonds. The zero-order valence-electron chi connectivity index (χ0n) is 12.2. The summed E-state index contributed by atoms with van der Waals surface area (Å²) in [4.78, 5) is 12.1. The minimum Gasteiger partial charge on any atom is -0.462 e. The standard InChI is InChI=1S/C13H17N5O2S/c1-4-20-13(19)10-11(14)18(17-12(10)21-5-2)9-7-6-8(3)15-16-9/h6-7H,4-5,14H2,1-3H3. The molecular formula is C13H17N5O2S. The molecule has 2 aromatic rings. The molecule has 0 saturated heterocycles. The molecule has 21 heavy (non-hydrogen) atoms. The molecule has 0 aliphatic carbocycles. The van der Waals surface area contributed by atoms with E-state index < -0.39 is 5.97 Å². The number of aryl methyl sites for hydroxylation is 1. The number of aromatic nitrogens is 4. The Labute approximate surface area is 126 Å². The third kappa shape index (κ3) is 3.15. The van der Waals surface area contributed by atoms with Crippen molar-refractivity contribution in [2.45, 2.75) is 25.8 Å². The third-order valence-corrected chi connectivity index (χ3v) is 3.50. The number of nitrogen functional groups attached to an aromatic ring is 1. The Morgan fingerprint density at radius 2 is 2.14 bits per heavy atom. The Morgan fingerprint density at radius 1 is 1.38 bits per heavy atom. The number of carbonyl (C=O) groups is 1. The Hall–Kier alpha value is -2.09. The molecule has 8 heteroatoms. The highest BCUT2D eigenvalue weighted by molar-refractivity contribution is 7.99. The lowest BCUT2D eigenvalue weighted by Gasteiger charge is -2.03. The molecule has 0 saturated carbocycles. The normalized spacial score (nSPS) is 10.6. The number of nitrogens with two attached hydrogens (primary N) is 1. The molecule has 0 spiro atoms.